The highest BCUT2D eigenvalue weighted by Crippen LogP contribution is 2.34. The zero-order chi connectivity index (χ0) is 23.4. The lowest BCUT2D eigenvalue weighted by Gasteiger charge is -2.14. The number of thiocarbonyl (C=S) groups is 1. The summed E-state index contributed by atoms with van der Waals surface area (Å²) in [6.45, 7) is 3.13. The van der Waals surface area contributed by atoms with Crippen LogP contribution in [0.5, 0.6) is 5.75 Å². The van der Waals surface area contributed by atoms with Gasteiger partial charge in [0.2, 0.25) is 0 Å². The minimum absolute atomic E-state index is 0.224. The maximum absolute atomic E-state index is 13.3. The Labute approximate surface area is 201 Å². The second-order valence-electron chi connectivity index (χ2n) is 7.50. The molecule has 1 aliphatic rings. The number of carbonyl (C=O) groups is 1. The number of nitrogens with zero attached hydrogens (tertiary/aromatic N) is 3. The number of ether oxygens (including phenoxy) is 1. The van der Waals surface area contributed by atoms with E-state index in [0.29, 0.717) is 39.3 Å². The average Bonchev–Trinajstić information content (AvgIpc) is 3.09. The minimum Gasteiger partial charge on any atom is -0.497 e. The molecule has 1 aromatic carbocycles. The third-order valence-corrected chi connectivity index (χ3v) is 6.62. The Morgan fingerprint density at radius 3 is 2.70 bits per heavy atom. The van der Waals surface area contributed by atoms with Crippen LogP contribution in [0.15, 0.2) is 58.4 Å². The fourth-order valence-corrected chi connectivity index (χ4v) is 4.67. The van der Waals surface area contributed by atoms with Crippen molar-refractivity contribution in [3.8, 4) is 5.75 Å². The van der Waals surface area contributed by atoms with Crippen LogP contribution in [0, 0.1) is 0 Å². The second-order valence-corrected chi connectivity index (χ2v) is 9.18. The van der Waals surface area contributed by atoms with Crippen LogP contribution in [0.25, 0.3) is 11.7 Å². The van der Waals surface area contributed by atoms with Gasteiger partial charge in [-0.3, -0.25) is 18.9 Å². The van der Waals surface area contributed by atoms with Gasteiger partial charge in [-0.25, -0.2) is 4.98 Å². The Hall–Kier alpha value is -3.17. The molecule has 4 rings (SSSR count). The van der Waals surface area contributed by atoms with E-state index in [9.17, 15) is 9.59 Å². The Bertz CT molecular complexity index is 1290. The zero-order valence-corrected chi connectivity index (χ0v) is 20.0. The molecule has 2 aromatic heterocycles. The zero-order valence-electron chi connectivity index (χ0n) is 18.4. The number of aromatic nitrogens is 2. The molecule has 0 atom stereocenters. The van der Waals surface area contributed by atoms with Crippen molar-refractivity contribution in [2.45, 2.75) is 26.3 Å². The van der Waals surface area contributed by atoms with E-state index in [1.54, 1.807) is 36.4 Å². The fourth-order valence-electron chi connectivity index (χ4n) is 3.43. The van der Waals surface area contributed by atoms with Crippen LogP contribution in [-0.2, 0) is 11.3 Å². The van der Waals surface area contributed by atoms with Crippen molar-refractivity contribution in [2.24, 2.45) is 0 Å². The van der Waals surface area contributed by atoms with Gasteiger partial charge in [0.1, 0.15) is 21.5 Å². The highest BCUT2D eigenvalue weighted by Gasteiger charge is 2.32. The average molecular weight is 481 g/mol. The first-order valence-electron chi connectivity index (χ1n) is 10.7. The summed E-state index contributed by atoms with van der Waals surface area (Å²) in [5.74, 6) is 0.995. The number of rotatable bonds is 8. The van der Waals surface area contributed by atoms with Crippen molar-refractivity contribution < 1.29 is 9.53 Å². The predicted molar refractivity (Wildman–Crippen MR) is 137 cm³/mol. The molecular formula is C24H24N4O3S2. The molecule has 0 saturated carbocycles. The summed E-state index contributed by atoms with van der Waals surface area (Å²) in [5, 5.41) is 3.26. The van der Waals surface area contributed by atoms with Gasteiger partial charge in [-0.2, -0.15) is 0 Å². The number of hydrogen-bond donors (Lipinski definition) is 1. The quantitative estimate of drug-likeness (QED) is 0.292. The van der Waals surface area contributed by atoms with Crippen LogP contribution in [0.4, 0.5) is 5.82 Å². The molecule has 1 aliphatic heterocycles. The lowest BCUT2D eigenvalue weighted by molar-refractivity contribution is -0.122. The summed E-state index contributed by atoms with van der Waals surface area (Å²) in [6, 6.07) is 12.9. The van der Waals surface area contributed by atoms with E-state index in [1.807, 2.05) is 30.3 Å². The highest BCUT2D eigenvalue weighted by molar-refractivity contribution is 8.26. The molecule has 1 amide bonds. The van der Waals surface area contributed by atoms with E-state index in [0.717, 1.165) is 24.2 Å². The van der Waals surface area contributed by atoms with Crippen LogP contribution in [-0.4, -0.2) is 38.2 Å². The van der Waals surface area contributed by atoms with Gasteiger partial charge >= 0.3 is 0 Å². The molecular weight excluding hydrogens is 456 g/mol. The number of fused-ring (bicyclic) bond motifs is 1. The van der Waals surface area contributed by atoms with E-state index in [1.165, 1.54) is 16.2 Å². The monoisotopic (exact) mass is 480 g/mol. The molecule has 9 heteroatoms. The van der Waals surface area contributed by atoms with Gasteiger partial charge in [-0.15, -0.1) is 0 Å². The smallest absolute Gasteiger partial charge is 0.267 e. The van der Waals surface area contributed by atoms with Crippen LogP contribution in [0.2, 0.25) is 0 Å². The van der Waals surface area contributed by atoms with Crippen LogP contribution >= 0.6 is 24.0 Å². The first kappa shape index (κ1) is 23.0. The van der Waals surface area contributed by atoms with Gasteiger partial charge in [0, 0.05) is 12.7 Å². The van der Waals surface area contributed by atoms with Gasteiger partial charge in [-0.1, -0.05) is 55.5 Å². The maximum atomic E-state index is 13.3. The molecule has 170 valence electrons. The van der Waals surface area contributed by atoms with Gasteiger partial charge in [0.25, 0.3) is 11.5 Å². The topological polar surface area (TPSA) is 75.9 Å². The molecule has 33 heavy (non-hydrogen) atoms. The predicted octanol–water partition coefficient (Wildman–Crippen LogP) is 4.32. The number of anilines is 1. The molecule has 3 aromatic rings. The number of benzene rings is 1. The molecule has 0 radical (unpaired) electrons. The number of amides is 1. The number of unbranched alkanes of at least 4 members (excludes halogenated alkanes) is 1. The Balaban J connectivity index is 1.67. The van der Waals surface area contributed by atoms with E-state index in [4.69, 9.17) is 17.0 Å². The maximum Gasteiger partial charge on any atom is 0.267 e. The SMILES string of the molecule is CCCCNc1nc2ccccn2c(=O)c1/C=C1/SC(=S)N(Cc2ccc(OC)cc2)C1=O. The summed E-state index contributed by atoms with van der Waals surface area (Å²) in [7, 11) is 1.61. The lowest BCUT2D eigenvalue weighted by atomic mass is 10.2. The number of carbonyl (C=O) groups excluding carboxylic acids is 1. The molecule has 1 N–H and O–H groups in total. The summed E-state index contributed by atoms with van der Waals surface area (Å²) in [6.07, 6.45) is 5.24. The number of pyridine rings is 1. The van der Waals surface area contributed by atoms with E-state index < -0.39 is 0 Å². The van der Waals surface area contributed by atoms with Crippen molar-refractivity contribution in [1.82, 2.24) is 14.3 Å². The van der Waals surface area contributed by atoms with Crippen LogP contribution in [0.3, 0.4) is 0 Å². The molecule has 0 bridgehead atoms. The summed E-state index contributed by atoms with van der Waals surface area (Å²) >= 11 is 6.67. The lowest BCUT2D eigenvalue weighted by Crippen LogP contribution is -2.27. The molecule has 3 heterocycles. The van der Waals surface area contributed by atoms with Crippen molar-refractivity contribution in [1.29, 1.82) is 0 Å². The molecule has 7 nitrogen and oxygen atoms in total. The largest absolute Gasteiger partial charge is 0.497 e. The van der Waals surface area contributed by atoms with Gasteiger partial charge in [-0.05, 0) is 42.3 Å². The van der Waals surface area contributed by atoms with Crippen molar-refractivity contribution >= 4 is 51.7 Å². The number of hydrogen-bond acceptors (Lipinski definition) is 7. The number of thioether (sulfide) groups is 1. The summed E-state index contributed by atoms with van der Waals surface area (Å²) < 4.78 is 7.13. The molecule has 1 fully saturated rings. The first-order chi connectivity index (χ1) is 16.0. The normalized spacial score (nSPS) is 15.0. The Morgan fingerprint density at radius 1 is 1.18 bits per heavy atom. The van der Waals surface area contributed by atoms with Crippen LogP contribution < -0.4 is 15.6 Å². The van der Waals surface area contributed by atoms with E-state index in [2.05, 4.69) is 17.2 Å². The number of methoxy groups -OCH3 is 1. The molecule has 1 saturated heterocycles. The molecule has 0 unspecified atom stereocenters. The Kier molecular flexibility index (Phi) is 7.10. The Morgan fingerprint density at radius 2 is 1.97 bits per heavy atom. The van der Waals surface area contributed by atoms with Crippen LogP contribution in [0.1, 0.15) is 30.9 Å². The summed E-state index contributed by atoms with van der Waals surface area (Å²) in [5.41, 5.74) is 1.59. The first-order valence-corrected chi connectivity index (χ1v) is 11.9. The van der Waals surface area contributed by atoms with E-state index in [-0.39, 0.29) is 11.5 Å². The van der Waals surface area contributed by atoms with Crippen molar-refractivity contribution in [3.05, 3.63) is 75.0 Å². The van der Waals surface area contributed by atoms with E-state index >= 15 is 0 Å². The second kappa shape index (κ2) is 10.2. The van der Waals surface area contributed by atoms with Crippen molar-refractivity contribution in [3.63, 3.8) is 0 Å². The highest BCUT2D eigenvalue weighted by atomic mass is 32.2. The van der Waals surface area contributed by atoms with Gasteiger partial charge in [0.05, 0.1) is 24.1 Å². The fraction of sp³-hybridized carbons (Fsp3) is 0.250. The minimum atomic E-state index is -0.236. The molecule has 0 aliphatic carbocycles. The van der Waals surface area contributed by atoms with Gasteiger partial charge < -0.3 is 10.1 Å². The third kappa shape index (κ3) is 4.94. The third-order valence-electron chi connectivity index (χ3n) is 5.24. The number of nitrogens with one attached hydrogen (secondary N) is 1. The standard InChI is InChI=1S/C24H24N4O3S2/c1-3-4-12-25-21-18(22(29)27-13-6-5-7-20(27)26-21)14-19-23(30)28(24(32)33-19)15-16-8-10-17(31-2)11-9-16/h5-11,13-14,25H,3-4,12,15H2,1-2H3/b19-14+. The molecule has 0 spiro atoms. The summed E-state index contributed by atoms with van der Waals surface area (Å²) in [4.78, 5) is 33.0. The van der Waals surface area contributed by atoms with Crippen molar-refractivity contribution in [2.75, 3.05) is 19.0 Å². The van der Waals surface area contributed by atoms with Gasteiger partial charge in [0.15, 0.2) is 0 Å².